The van der Waals surface area contributed by atoms with E-state index in [4.69, 9.17) is 0 Å². The summed E-state index contributed by atoms with van der Waals surface area (Å²) in [5.74, 6) is 0.895. The molecule has 0 fully saturated rings. The molecule has 1 aromatic carbocycles. The first-order valence-electron chi connectivity index (χ1n) is 4.63. The van der Waals surface area contributed by atoms with Crippen LogP contribution in [0.2, 0.25) is 0 Å². The Hall–Kier alpha value is -0.900. The monoisotopic (exact) mass is 213 g/mol. The number of hydrogen-bond donors (Lipinski definition) is 1. The number of fused-ring (bicyclic) bond motifs is 1. The van der Waals surface area contributed by atoms with Gasteiger partial charge < -0.3 is 5.32 Å². The van der Waals surface area contributed by atoms with Crippen LogP contribution in [0.4, 0.5) is 10.1 Å². The van der Waals surface area contributed by atoms with Crippen molar-refractivity contribution in [1.29, 1.82) is 0 Å². The van der Waals surface area contributed by atoms with Gasteiger partial charge in [0.2, 0.25) is 0 Å². The number of halogens is 1. The van der Waals surface area contributed by atoms with Crippen molar-refractivity contribution in [2.75, 3.05) is 17.6 Å². The minimum absolute atomic E-state index is 0.261. The highest BCUT2D eigenvalue weighted by molar-refractivity contribution is 7.84. The summed E-state index contributed by atoms with van der Waals surface area (Å²) in [7, 11) is -0.845. The molecule has 1 aromatic rings. The lowest BCUT2D eigenvalue weighted by atomic mass is 10.2. The van der Waals surface area contributed by atoms with E-state index in [1.165, 1.54) is 12.1 Å². The van der Waals surface area contributed by atoms with Gasteiger partial charge in [0.25, 0.3) is 0 Å². The maximum absolute atomic E-state index is 12.9. The van der Waals surface area contributed by atoms with Crippen LogP contribution in [0.1, 0.15) is 12.0 Å². The van der Waals surface area contributed by atoms with Crippen LogP contribution >= 0.6 is 0 Å². The summed E-state index contributed by atoms with van der Waals surface area (Å²) in [6, 6.07) is 4.61. The van der Waals surface area contributed by atoms with Gasteiger partial charge in [0.1, 0.15) is 5.82 Å². The Kier molecular flexibility index (Phi) is 2.82. The molecule has 2 rings (SSSR count). The molecule has 4 heteroatoms. The Bertz CT molecular complexity index is 367. The van der Waals surface area contributed by atoms with Crippen LogP contribution in [-0.4, -0.2) is 16.5 Å². The molecule has 2 nitrogen and oxygen atoms in total. The van der Waals surface area contributed by atoms with Gasteiger partial charge in [-0.15, -0.1) is 0 Å². The van der Waals surface area contributed by atoms with Crippen molar-refractivity contribution in [3.05, 3.63) is 29.6 Å². The van der Waals surface area contributed by atoms with Crippen molar-refractivity contribution in [2.45, 2.75) is 12.2 Å². The van der Waals surface area contributed by atoms with Crippen LogP contribution in [0.5, 0.6) is 0 Å². The van der Waals surface area contributed by atoms with Gasteiger partial charge in [0.05, 0.1) is 5.75 Å². The molecule has 76 valence electrons. The number of rotatable bonds is 0. The fourth-order valence-corrected chi connectivity index (χ4v) is 2.75. The zero-order chi connectivity index (χ0) is 9.97. The van der Waals surface area contributed by atoms with E-state index in [-0.39, 0.29) is 5.82 Å². The van der Waals surface area contributed by atoms with Gasteiger partial charge in [0.15, 0.2) is 0 Å². The molecule has 1 aliphatic rings. The van der Waals surface area contributed by atoms with Crippen LogP contribution in [0.25, 0.3) is 0 Å². The molecule has 0 aliphatic carbocycles. The predicted octanol–water partition coefficient (Wildman–Crippen LogP) is 1.89. The van der Waals surface area contributed by atoms with Gasteiger partial charge in [-0.25, -0.2) is 4.39 Å². The van der Waals surface area contributed by atoms with Gasteiger partial charge in [-0.3, -0.25) is 4.21 Å². The van der Waals surface area contributed by atoms with E-state index in [0.29, 0.717) is 11.5 Å². The average Bonchev–Trinajstić information content (AvgIpc) is 2.12. The molecule has 0 saturated carbocycles. The molecule has 1 unspecified atom stereocenters. The first-order valence-corrected chi connectivity index (χ1v) is 6.12. The SMILES string of the molecule is O=S1CCCNc2ccc(F)cc2C1. The zero-order valence-corrected chi connectivity index (χ0v) is 8.57. The smallest absolute Gasteiger partial charge is 0.123 e. The van der Waals surface area contributed by atoms with Crippen LogP contribution in [0, 0.1) is 5.82 Å². The summed E-state index contributed by atoms with van der Waals surface area (Å²) < 4.78 is 24.4. The normalized spacial score (nSPS) is 21.6. The van der Waals surface area contributed by atoms with Crippen molar-refractivity contribution in [2.24, 2.45) is 0 Å². The van der Waals surface area contributed by atoms with E-state index < -0.39 is 10.8 Å². The summed E-state index contributed by atoms with van der Waals surface area (Å²) >= 11 is 0. The van der Waals surface area contributed by atoms with Crippen molar-refractivity contribution in [1.82, 2.24) is 0 Å². The third-order valence-corrected chi connectivity index (χ3v) is 3.63. The summed E-state index contributed by atoms with van der Waals surface area (Å²) in [6.07, 6.45) is 0.906. The molecule has 14 heavy (non-hydrogen) atoms. The molecular weight excluding hydrogens is 201 g/mol. The number of anilines is 1. The standard InChI is InChI=1S/C10H12FNOS/c11-9-2-3-10-8(6-9)7-14(13)5-1-4-12-10/h2-3,6,12H,1,4-5,7H2. The van der Waals surface area contributed by atoms with E-state index in [1.807, 2.05) is 0 Å². The van der Waals surface area contributed by atoms with Crippen LogP contribution < -0.4 is 5.32 Å². The fourth-order valence-electron chi connectivity index (χ4n) is 1.56. The van der Waals surface area contributed by atoms with E-state index >= 15 is 0 Å². The highest BCUT2D eigenvalue weighted by Gasteiger charge is 2.11. The third-order valence-electron chi connectivity index (χ3n) is 2.25. The summed E-state index contributed by atoms with van der Waals surface area (Å²) in [5, 5.41) is 3.21. The molecular formula is C10H12FNOS. The highest BCUT2D eigenvalue weighted by Crippen LogP contribution is 2.20. The number of hydrogen-bond acceptors (Lipinski definition) is 2. The molecule has 0 aromatic heterocycles. The maximum atomic E-state index is 12.9. The van der Waals surface area contributed by atoms with Crippen molar-refractivity contribution in [3.63, 3.8) is 0 Å². The lowest BCUT2D eigenvalue weighted by Gasteiger charge is -2.15. The van der Waals surface area contributed by atoms with Gasteiger partial charge in [-0.2, -0.15) is 0 Å². The second kappa shape index (κ2) is 4.09. The van der Waals surface area contributed by atoms with E-state index in [0.717, 1.165) is 24.2 Å². The minimum Gasteiger partial charge on any atom is -0.385 e. The first-order chi connectivity index (χ1) is 6.75. The van der Waals surface area contributed by atoms with Crippen molar-refractivity contribution >= 4 is 16.5 Å². The van der Waals surface area contributed by atoms with Crippen molar-refractivity contribution < 1.29 is 8.60 Å². The maximum Gasteiger partial charge on any atom is 0.123 e. The Morgan fingerprint density at radius 2 is 2.29 bits per heavy atom. The molecule has 0 saturated heterocycles. The van der Waals surface area contributed by atoms with Gasteiger partial charge >= 0.3 is 0 Å². The quantitative estimate of drug-likeness (QED) is 0.713. The van der Waals surface area contributed by atoms with Gasteiger partial charge in [-0.05, 0) is 30.2 Å². The molecule has 0 amide bonds. The predicted molar refractivity (Wildman–Crippen MR) is 56.2 cm³/mol. The van der Waals surface area contributed by atoms with Gasteiger partial charge in [0, 0.05) is 28.8 Å². The minimum atomic E-state index is -0.845. The molecule has 1 heterocycles. The molecule has 1 atom stereocenters. The molecule has 1 aliphatic heterocycles. The summed E-state index contributed by atoms with van der Waals surface area (Å²) in [4.78, 5) is 0. The molecule has 0 radical (unpaired) electrons. The Morgan fingerprint density at radius 1 is 1.43 bits per heavy atom. The lowest BCUT2D eigenvalue weighted by molar-refractivity contribution is 0.626. The van der Waals surface area contributed by atoms with E-state index in [9.17, 15) is 8.60 Å². The Labute approximate surface area is 85.0 Å². The van der Waals surface area contributed by atoms with Crippen LogP contribution in [0.3, 0.4) is 0 Å². The fraction of sp³-hybridized carbons (Fsp3) is 0.400. The van der Waals surface area contributed by atoms with Crippen molar-refractivity contribution in [3.8, 4) is 0 Å². The van der Waals surface area contributed by atoms with Crippen LogP contribution in [-0.2, 0) is 16.6 Å². The largest absolute Gasteiger partial charge is 0.385 e. The highest BCUT2D eigenvalue weighted by atomic mass is 32.2. The average molecular weight is 213 g/mol. The first kappa shape index (κ1) is 9.65. The van der Waals surface area contributed by atoms with Crippen LogP contribution in [0.15, 0.2) is 18.2 Å². The molecule has 0 bridgehead atoms. The molecule has 1 N–H and O–H groups in total. The lowest BCUT2D eigenvalue weighted by Crippen LogP contribution is -2.14. The Morgan fingerprint density at radius 3 is 3.14 bits per heavy atom. The number of nitrogens with one attached hydrogen (secondary N) is 1. The second-order valence-corrected chi connectivity index (χ2v) is 4.95. The third kappa shape index (κ3) is 2.12. The number of benzene rings is 1. The summed E-state index contributed by atoms with van der Waals surface area (Å²) in [5.41, 5.74) is 1.74. The summed E-state index contributed by atoms with van der Waals surface area (Å²) in [6.45, 7) is 0.810. The zero-order valence-electron chi connectivity index (χ0n) is 7.75. The molecule has 0 spiro atoms. The Balaban J connectivity index is 2.34. The van der Waals surface area contributed by atoms with E-state index in [1.54, 1.807) is 6.07 Å². The topological polar surface area (TPSA) is 29.1 Å². The second-order valence-electron chi connectivity index (χ2n) is 3.37. The van der Waals surface area contributed by atoms with Gasteiger partial charge in [-0.1, -0.05) is 0 Å². The van der Waals surface area contributed by atoms with E-state index in [2.05, 4.69) is 5.32 Å².